The fourth-order valence-corrected chi connectivity index (χ4v) is 4.60. The maximum atomic E-state index is 13.0. The van der Waals surface area contributed by atoms with Gasteiger partial charge in [-0.2, -0.15) is 0 Å². The van der Waals surface area contributed by atoms with Crippen LogP contribution in [-0.2, 0) is 28.5 Å². The molecule has 9 nitrogen and oxygen atoms in total. The van der Waals surface area contributed by atoms with Crippen LogP contribution < -0.4 is 5.32 Å². The van der Waals surface area contributed by atoms with Gasteiger partial charge in [0.15, 0.2) is 5.76 Å². The molecule has 1 aromatic carbocycles. The summed E-state index contributed by atoms with van der Waals surface area (Å²) in [5, 5.41) is 11.7. The van der Waals surface area contributed by atoms with Crippen molar-refractivity contribution in [3.05, 3.63) is 47.7 Å². The number of nitrogens with one attached hydrogen (secondary N) is 1. The molecule has 1 fully saturated rings. The van der Waals surface area contributed by atoms with Crippen LogP contribution in [0.4, 0.5) is 0 Å². The summed E-state index contributed by atoms with van der Waals surface area (Å²) in [7, 11) is 0. The van der Waals surface area contributed by atoms with Crippen molar-refractivity contribution in [3.63, 3.8) is 0 Å². The van der Waals surface area contributed by atoms with Gasteiger partial charge in [0, 0.05) is 51.1 Å². The van der Waals surface area contributed by atoms with Crippen LogP contribution in [0.15, 0.2) is 42.2 Å². The molecule has 2 amide bonds. The number of aliphatic hydroxyl groups excluding tert-OH is 1. The van der Waals surface area contributed by atoms with E-state index in [4.69, 9.17) is 24.1 Å². The van der Waals surface area contributed by atoms with Gasteiger partial charge in [-0.15, -0.1) is 0 Å². The summed E-state index contributed by atoms with van der Waals surface area (Å²) >= 11 is 0. The second-order valence-electron chi connectivity index (χ2n) is 8.90. The number of amides is 2. The number of carbonyl (C=O) groups is 2. The highest BCUT2D eigenvalue weighted by atomic mass is 16.7. The predicted molar refractivity (Wildman–Crippen MR) is 134 cm³/mol. The van der Waals surface area contributed by atoms with E-state index in [1.54, 1.807) is 0 Å². The summed E-state index contributed by atoms with van der Waals surface area (Å²) in [5.74, 6) is 0.0630. The summed E-state index contributed by atoms with van der Waals surface area (Å²) in [6.07, 6.45) is 4.22. The average molecular weight is 505 g/mol. The third-order valence-corrected chi connectivity index (χ3v) is 6.39. The van der Waals surface area contributed by atoms with Crippen molar-refractivity contribution in [2.45, 2.75) is 44.8 Å². The molecule has 0 saturated carbocycles. The van der Waals surface area contributed by atoms with E-state index in [2.05, 4.69) is 17.4 Å². The Labute approximate surface area is 213 Å². The van der Waals surface area contributed by atoms with Crippen molar-refractivity contribution >= 4 is 11.8 Å². The van der Waals surface area contributed by atoms with E-state index in [1.807, 2.05) is 36.1 Å². The Morgan fingerprint density at radius 2 is 1.94 bits per heavy atom. The molecule has 2 N–H and O–H groups in total. The van der Waals surface area contributed by atoms with Crippen molar-refractivity contribution in [2.24, 2.45) is 5.92 Å². The zero-order chi connectivity index (χ0) is 25.6. The Hall–Kier alpha value is -2.46. The van der Waals surface area contributed by atoms with E-state index >= 15 is 0 Å². The van der Waals surface area contributed by atoms with Crippen LogP contribution in [0.25, 0.3) is 0 Å². The predicted octanol–water partition coefficient (Wildman–Crippen LogP) is 2.21. The first-order valence-electron chi connectivity index (χ1n) is 13.0. The third-order valence-electron chi connectivity index (χ3n) is 6.39. The lowest BCUT2D eigenvalue weighted by atomic mass is 9.81. The molecular formula is C27H40N2O7. The molecule has 0 unspecified atom stereocenters. The van der Waals surface area contributed by atoms with E-state index in [1.165, 1.54) is 0 Å². The number of ether oxygens (including phenoxy) is 4. The smallest absolute Gasteiger partial charge is 0.286 e. The third kappa shape index (κ3) is 8.58. The molecule has 36 heavy (non-hydrogen) atoms. The first-order valence-corrected chi connectivity index (χ1v) is 13.0. The maximum absolute atomic E-state index is 13.0. The Morgan fingerprint density at radius 1 is 1.17 bits per heavy atom. The molecule has 2 aliphatic heterocycles. The molecule has 0 radical (unpaired) electrons. The van der Waals surface area contributed by atoms with Crippen molar-refractivity contribution in [2.75, 3.05) is 59.3 Å². The summed E-state index contributed by atoms with van der Waals surface area (Å²) in [6.45, 7) is 5.94. The monoisotopic (exact) mass is 504 g/mol. The minimum atomic E-state index is -0.581. The Morgan fingerprint density at radius 3 is 2.64 bits per heavy atom. The van der Waals surface area contributed by atoms with Gasteiger partial charge in [-0.05, 0) is 37.8 Å². The van der Waals surface area contributed by atoms with Gasteiger partial charge in [0.25, 0.3) is 5.91 Å². The Balaban J connectivity index is 1.61. The summed E-state index contributed by atoms with van der Waals surface area (Å²) in [6, 6.07) is 10.0. The second-order valence-corrected chi connectivity index (χ2v) is 8.90. The van der Waals surface area contributed by atoms with Gasteiger partial charge in [-0.1, -0.05) is 30.3 Å². The number of benzene rings is 1. The number of hydrogen-bond donors (Lipinski definition) is 2. The summed E-state index contributed by atoms with van der Waals surface area (Å²) in [5.41, 5.74) is 1.08. The van der Waals surface area contributed by atoms with E-state index in [0.717, 1.165) is 18.5 Å². The molecule has 1 aromatic rings. The lowest BCUT2D eigenvalue weighted by Gasteiger charge is -2.37. The standard InChI is InChI=1S/C27H40N2O7/c1-2-35-27-22(11-16-33-18-19-34-17-15-30)23(21-8-4-3-5-9-21)20-24(36-27)26(32)28-12-7-14-29-13-6-10-25(29)31/h3-5,8-9,20,22-23,27,30H,2,6-7,10-19H2,1H3,(H,28,32)/t22-,23+,27+/m1/s1. The highest BCUT2D eigenvalue weighted by molar-refractivity contribution is 5.91. The Bertz CT molecular complexity index is 833. The largest absolute Gasteiger partial charge is 0.459 e. The number of aliphatic hydroxyl groups is 1. The van der Waals surface area contributed by atoms with E-state index < -0.39 is 6.29 Å². The van der Waals surface area contributed by atoms with Crippen LogP contribution >= 0.6 is 0 Å². The van der Waals surface area contributed by atoms with Crippen LogP contribution in [0.1, 0.15) is 44.1 Å². The van der Waals surface area contributed by atoms with Gasteiger partial charge in [-0.3, -0.25) is 9.59 Å². The van der Waals surface area contributed by atoms with Crippen LogP contribution in [0, 0.1) is 5.92 Å². The van der Waals surface area contributed by atoms with E-state index in [0.29, 0.717) is 65.4 Å². The highest BCUT2D eigenvalue weighted by Gasteiger charge is 2.38. The molecular weight excluding hydrogens is 464 g/mol. The minimum absolute atomic E-state index is 0.00539. The van der Waals surface area contributed by atoms with Crippen molar-refractivity contribution in [3.8, 4) is 0 Å². The summed E-state index contributed by atoms with van der Waals surface area (Å²) in [4.78, 5) is 26.6. The fraction of sp³-hybridized carbons (Fsp3) is 0.630. The number of hydrogen-bond acceptors (Lipinski definition) is 7. The van der Waals surface area contributed by atoms with Crippen LogP contribution in [0.3, 0.4) is 0 Å². The quantitative estimate of drug-likeness (QED) is 0.333. The number of likely N-dealkylation sites (tertiary alicyclic amines) is 1. The first kappa shape index (κ1) is 28.1. The van der Waals surface area contributed by atoms with Crippen LogP contribution in [-0.4, -0.2) is 87.4 Å². The normalized spacial score (nSPS) is 21.8. The molecule has 0 aliphatic carbocycles. The minimum Gasteiger partial charge on any atom is -0.459 e. The van der Waals surface area contributed by atoms with E-state index in [9.17, 15) is 9.59 Å². The molecule has 2 aliphatic rings. The fourth-order valence-electron chi connectivity index (χ4n) is 4.60. The van der Waals surface area contributed by atoms with Gasteiger partial charge in [0.2, 0.25) is 12.2 Å². The van der Waals surface area contributed by atoms with E-state index in [-0.39, 0.29) is 36.0 Å². The first-order chi connectivity index (χ1) is 17.6. The number of allylic oxidation sites excluding steroid dienone is 1. The topological polar surface area (TPSA) is 107 Å². The average Bonchev–Trinajstić information content (AvgIpc) is 3.31. The van der Waals surface area contributed by atoms with Crippen LogP contribution in [0.5, 0.6) is 0 Å². The molecule has 0 spiro atoms. The molecule has 3 rings (SSSR count). The highest BCUT2D eigenvalue weighted by Crippen LogP contribution is 2.38. The lowest BCUT2D eigenvalue weighted by Crippen LogP contribution is -2.40. The molecule has 2 heterocycles. The zero-order valence-corrected chi connectivity index (χ0v) is 21.2. The van der Waals surface area contributed by atoms with Gasteiger partial charge in [-0.25, -0.2) is 0 Å². The number of rotatable bonds is 16. The van der Waals surface area contributed by atoms with Gasteiger partial charge >= 0.3 is 0 Å². The number of carbonyl (C=O) groups excluding carboxylic acids is 2. The zero-order valence-electron chi connectivity index (χ0n) is 21.2. The van der Waals surface area contributed by atoms with Gasteiger partial charge < -0.3 is 34.3 Å². The molecule has 0 aromatic heterocycles. The maximum Gasteiger partial charge on any atom is 0.286 e. The van der Waals surface area contributed by atoms with Gasteiger partial charge in [0.1, 0.15) is 0 Å². The lowest BCUT2D eigenvalue weighted by molar-refractivity contribution is -0.168. The Kier molecular flexibility index (Phi) is 12.2. The van der Waals surface area contributed by atoms with Crippen LogP contribution in [0.2, 0.25) is 0 Å². The second kappa shape index (κ2) is 15.6. The molecule has 0 bridgehead atoms. The number of nitrogens with zero attached hydrogens (tertiary/aromatic N) is 1. The summed E-state index contributed by atoms with van der Waals surface area (Å²) < 4.78 is 23.0. The van der Waals surface area contributed by atoms with Crippen molar-refractivity contribution in [1.29, 1.82) is 0 Å². The van der Waals surface area contributed by atoms with Crippen molar-refractivity contribution in [1.82, 2.24) is 10.2 Å². The molecule has 3 atom stereocenters. The molecule has 200 valence electrons. The molecule has 1 saturated heterocycles. The SMILES string of the molecule is CCO[C@H]1OC(C(=O)NCCCN2CCCC2=O)=C[C@@H](c2ccccc2)[C@H]1CCOCCOCCO. The van der Waals surface area contributed by atoms with Gasteiger partial charge in [0.05, 0.1) is 26.4 Å². The molecule has 9 heteroatoms. The van der Waals surface area contributed by atoms with Crippen molar-refractivity contribution < 1.29 is 33.6 Å².